The maximum absolute atomic E-state index is 5.60. The Kier molecular flexibility index (Phi) is 2.88. The summed E-state index contributed by atoms with van der Waals surface area (Å²) in [5, 5.41) is 5.90. The Morgan fingerprint density at radius 3 is 2.67 bits per heavy atom. The lowest BCUT2D eigenvalue weighted by Gasteiger charge is -2.08. The molecular weight excluding hydrogens is 228 g/mol. The van der Waals surface area contributed by atoms with Gasteiger partial charge in [0.05, 0.1) is 12.2 Å². The summed E-state index contributed by atoms with van der Waals surface area (Å²) in [5.41, 5.74) is 5.60. The van der Waals surface area contributed by atoms with Crippen LogP contribution in [0, 0.1) is 6.92 Å². The van der Waals surface area contributed by atoms with Crippen LogP contribution in [0.4, 0.5) is 10.1 Å². The fourth-order valence-electron chi connectivity index (χ4n) is 1.17. The smallest absolute Gasteiger partial charge is 0.185 e. The Bertz CT molecular complexity index is 448. The van der Waals surface area contributed by atoms with Crippen molar-refractivity contribution in [3.63, 3.8) is 0 Å². The second-order valence-electron chi connectivity index (χ2n) is 3.24. The van der Waals surface area contributed by atoms with Crippen LogP contribution >= 0.6 is 22.7 Å². The standard InChI is InChI=1S/C9H12N4S2/c1-5-3-11-8(14-5)6(2)13-9-12-4-7(10)15-9/h3-4,6H,10H2,1-2H3,(H,12,13). The third kappa shape index (κ3) is 2.45. The van der Waals surface area contributed by atoms with Gasteiger partial charge in [0.2, 0.25) is 0 Å². The number of nitrogens with zero attached hydrogens (tertiary/aromatic N) is 2. The highest BCUT2D eigenvalue weighted by molar-refractivity contribution is 7.19. The van der Waals surface area contributed by atoms with Crippen molar-refractivity contribution in [1.82, 2.24) is 9.97 Å². The number of hydrogen-bond acceptors (Lipinski definition) is 6. The lowest BCUT2D eigenvalue weighted by atomic mass is 10.4. The van der Waals surface area contributed by atoms with Gasteiger partial charge in [-0.05, 0) is 13.8 Å². The molecule has 0 bridgehead atoms. The fourth-order valence-corrected chi connectivity index (χ4v) is 2.62. The molecule has 3 N–H and O–H groups in total. The minimum atomic E-state index is 0.175. The third-order valence-electron chi connectivity index (χ3n) is 1.87. The van der Waals surface area contributed by atoms with Gasteiger partial charge in [-0.15, -0.1) is 11.3 Å². The van der Waals surface area contributed by atoms with E-state index >= 15 is 0 Å². The van der Waals surface area contributed by atoms with E-state index in [1.165, 1.54) is 16.2 Å². The molecule has 2 aromatic rings. The van der Waals surface area contributed by atoms with Crippen LogP contribution in [0.25, 0.3) is 0 Å². The minimum absolute atomic E-state index is 0.175. The van der Waals surface area contributed by atoms with Crippen LogP contribution in [-0.4, -0.2) is 9.97 Å². The number of aryl methyl sites for hydroxylation is 1. The topological polar surface area (TPSA) is 63.8 Å². The number of nitrogens with one attached hydrogen (secondary N) is 1. The average Bonchev–Trinajstić information content (AvgIpc) is 2.75. The molecule has 0 saturated heterocycles. The van der Waals surface area contributed by atoms with Crippen molar-refractivity contribution >= 4 is 32.8 Å². The van der Waals surface area contributed by atoms with E-state index < -0.39 is 0 Å². The highest BCUT2D eigenvalue weighted by Crippen LogP contribution is 2.26. The first-order valence-corrected chi connectivity index (χ1v) is 6.18. The van der Waals surface area contributed by atoms with Crippen molar-refractivity contribution in [3.05, 3.63) is 22.3 Å². The SMILES string of the molecule is Cc1cnc(C(C)Nc2ncc(N)s2)s1. The van der Waals surface area contributed by atoms with Crippen LogP contribution in [0.2, 0.25) is 0 Å². The maximum atomic E-state index is 5.60. The summed E-state index contributed by atoms with van der Waals surface area (Å²) in [5.74, 6) is 0. The van der Waals surface area contributed by atoms with Crippen molar-refractivity contribution in [2.75, 3.05) is 11.1 Å². The molecule has 2 heterocycles. The first-order valence-electron chi connectivity index (χ1n) is 4.55. The van der Waals surface area contributed by atoms with E-state index in [-0.39, 0.29) is 6.04 Å². The molecule has 0 spiro atoms. The summed E-state index contributed by atoms with van der Waals surface area (Å²) in [6, 6.07) is 0.175. The zero-order chi connectivity index (χ0) is 10.8. The summed E-state index contributed by atoms with van der Waals surface area (Å²) < 4.78 is 0. The number of nitrogen functional groups attached to an aromatic ring is 1. The van der Waals surface area contributed by atoms with Crippen molar-refractivity contribution in [1.29, 1.82) is 0 Å². The molecule has 4 nitrogen and oxygen atoms in total. The lowest BCUT2D eigenvalue weighted by Crippen LogP contribution is -2.05. The van der Waals surface area contributed by atoms with Gasteiger partial charge < -0.3 is 11.1 Å². The van der Waals surface area contributed by atoms with Crippen LogP contribution in [0.15, 0.2) is 12.4 Å². The number of rotatable bonds is 3. The summed E-state index contributed by atoms with van der Waals surface area (Å²) >= 11 is 3.14. The van der Waals surface area contributed by atoms with Gasteiger partial charge in [0.25, 0.3) is 0 Å². The van der Waals surface area contributed by atoms with E-state index in [4.69, 9.17) is 5.73 Å². The van der Waals surface area contributed by atoms with Crippen LogP contribution in [0.3, 0.4) is 0 Å². The molecule has 0 aromatic carbocycles. The van der Waals surface area contributed by atoms with E-state index in [9.17, 15) is 0 Å². The zero-order valence-corrected chi connectivity index (χ0v) is 10.2. The monoisotopic (exact) mass is 240 g/mol. The highest BCUT2D eigenvalue weighted by Gasteiger charge is 2.10. The molecule has 15 heavy (non-hydrogen) atoms. The molecule has 0 amide bonds. The van der Waals surface area contributed by atoms with Crippen LogP contribution in [0.5, 0.6) is 0 Å². The zero-order valence-electron chi connectivity index (χ0n) is 8.52. The molecule has 0 saturated carbocycles. The predicted octanol–water partition coefficient (Wildman–Crippen LogP) is 2.66. The van der Waals surface area contributed by atoms with Crippen LogP contribution < -0.4 is 11.1 Å². The van der Waals surface area contributed by atoms with Crippen LogP contribution in [-0.2, 0) is 0 Å². The Labute approximate surface area is 96.2 Å². The van der Waals surface area contributed by atoms with Gasteiger partial charge in [-0.2, -0.15) is 0 Å². The van der Waals surface area contributed by atoms with Crippen molar-refractivity contribution in [3.8, 4) is 0 Å². The molecule has 2 aromatic heterocycles. The molecular formula is C9H12N4S2. The summed E-state index contributed by atoms with van der Waals surface area (Å²) in [4.78, 5) is 9.69. The van der Waals surface area contributed by atoms with Gasteiger partial charge in [-0.1, -0.05) is 11.3 Å². The fraction of sp³-hybridized carbons (Fsp3) is 0.333. The van der Waals surface area contributed by atoms with Crippen LogP contribution in [0.1, 0.15) is 22.9 Å². The number of anilines is 2. The summed E-state index contributed by atoms with van der Waals surface area (Å²) in [7, 11) is 0. The van der Waals surface area contributed by atoms with Crippen molar-refractivity contribution in [2.45, 2.75) is 19.9 Å². The predicted molar refractivity (Wildman–Crippen MR) is 65.4 cm³/mol. The Balaban J connectivity index is 2.06. The molecule has 2 rings (SSSR count). The van der Waals surface area contributed by atoms with E-state index in [2.05, 4.69) is 29.1 Å². The third-order valence-corrected chi connectivity index (χ3v) is 3.73. The Morgan fingerprint density at radius 1 is 1.33 bits per heavy atom. The molecule has 0 aliphatic carbocycles. The molecule has 0 aliphatic heterocycles. The molecule has 0 aliphatic rings. The van der Waals surface area contributed by atoms with Gasteiger partial charge in [-0.3, -0.25) is 0 Å². The summed E-state index contributed by atoms with van der Waals surface area (Å²) in [6.07, 6.45) is 3.54. The van der Waals surface area contributed by atoms with E-state index in [1.807, 2.05) is 6.20 Å². The average molecular weight is 240 g/mol. The second-order valence-corrected chi connectivity index (χ2v) is 5.57. The molecule has 1 unspecified atom stereocenters. The van der Waals surface area contributed by atoms with Gasteiger partial charge >= 0.3 is 0 Å². The minimum Gasteiger partial charge on any atom is -0.389 e. The molecule has 80 valence electrons. The largest absolute Gasteiger partial charge is 0.389 e. The first kappa shape index (κ1) is 10.4. The lowest BCUT2D eigenvalue weighted by molar-refractivity contribution is 0.867. The number of nitrogens with two attached hydrogens (primary N) is 1. The van der Waals surface area contributed by atoms with E-state index in [0.29, 0.717) is 0 Å². The normalized spacial score (nSPS) is 12.7. The second kappa shape index (κ2) is 4.16. The van der Waals surface area contributed by atoms with Gasteiger partial charge in [0.1, 0.15) is 10.0 Å². The van der Waals surface area contributed by atoms with E-state index in [0.717, 1.165) is 15.1 Å². The first-order chi connectivity index (χ1) is 7.15. The summed E-state index contributed by atoms with van der Waals surface area (Å²) in [6.45, 7) is 4.12. The van der Waals surface area contributed by atoms with Gasteiger partial charge in [-0.25, -0.2) is 9.97 Å². The van der Waals surface area contributed by atoms with Crippen molar-refractivity contribution in [2.24, 2.45) is 0 Å². The molecule has 0 radical (unpaired) electrons. The molecule has 6 heteroatoms. The molecule has 0 fully saturated rings. The molecule has 1 atom stereocenters. The Morgan fingerprint density at radius 2 is 2.13 bits per heavy atom. The maximum Gasteiger partial charge on any atom is 0.185 e. The van der Waals surface area contributed by atoms with E-state index in [1.54, 1.807) is 17.5 Å². The van der Waals surface area contributed by atoms with Gasteiger partial charge in [0.15, 0.2) is 5.13 Å². The Hall–Kier alpha value is -1.14. The number of thiazole rings is 2. The quantitative estimate of drug-likeness (QED) is 0.865. The number of hydrogen-bond donors (Lipinski definition) is 2. The van der Waals surface area contributed by atoms with Crippen molar-refractivity contribution < 1.29 is 0 Å². The highest BCUT2D eigenvalue weighted by atomic mass is 32.1. The van der Waals surface area contributed by atoms with Gasteiger partial charge in [0, 0.05) is 11.1 Å². The number of aromatic nitrogens is 2.